The highest BCUT2D eigenvalue weighted by Crippen LogP contribution is 2.41. The molecule has 4 aromatic rings. The average molecular weight is 389 g/mol. The molecule has 138 valence electrons. The van der Waals surface area contributed by atoms with E-state index in [4.69, 9.17) is 11.6 Å². The van der Waals surface area contributed by atoms with Crippen molar-refractivity contribution in [2.45, 2.75) is 18.8 Å². The number of aromatic amines is 1. The van der Waals surface area contributed by atoms with Crippen LogP contribution >= 0.6 is 11.6 Å². The number of carboxylic acids is 1. The maximum Gasteiger partial charge on any atom is 0.310 e. The second-order valence-corrected chi connectivity index (χ2v) is 7.58. The number of aromatic nitrogens is 2. The highest BCUT2D eigenvalue weighted by Gasteiger charge is 2.28. The Morgan fingerprint density at radius 3 is 2.82 bits per heavy atom. The summed E-state index contributed by atoms with van der Waals surface area (Å²) in [5.41, 5.74) is 6.94. The zero-order valence-corrected chi connectivity index (χ0v) is 15.7. The molecule has 0 saturated carbocycles. The van der Waals surface area contributed by atoms with Gasteiger partial charge in [0.15, 0.2) is 0 Å². The van der Waals surface area contributed by atoms with Crippen molar-refractivity contribution >= 4 is 28.5 Å². The molecule has 0 saturated heterocycles. The SMILES string of the molecule is O=C(O)C1CCc2ccc(-c3cccc(Cl)c3-c3ccc4[nH]ncc4c3)cc21. The van der Waals surface area contributed by atoms with Gasteiger partial charge in [0.2, 0.25) is 0 Å². The zero-order chi connectivity index (χ0) is 19.3. The van der Waals surface area contributed by atoms with Crippen molar-refractivity contribution in [1.29, 1.82) is 0 Å². The van der Waals surface area contributed by atoms with Gasteiger partial charge in [-0.1, -0.05) is 41.9 Å². The molecule has 28 heavy (non-hydrogen) atoms. The first-order valence-electron chi connectivity index (χ1n) is 9.20. The van der Waals surface area contributed by atoms with E-state index in [9.17, 15) is 9.90 Å². The van der Waals surface area contributed by atoms with Gasteiger partial charge < -0.3 is 5.11 Å². The molecule has 0 spiro atoms. The number of benzene rings is 3. The van der Waals surface area contributed by atoms with E-state index in [-0.39, 0.29) is 0 Å². The molecule has 5 heteroatoms. The van der Waals surface area contributed by atoms with Crippen LogP contribution in [0, 0.1) is 0 Å². The molecule has 0 aliphatic heterocycles. The van der Waals surface area contributed by atoms with E-state index in [0.29, 0.717) is 11.4 Å². The van der Waals surface area contributed by atoms with Gasteiger partial charge in [0.05, 0.1) is 17.6 Å². The average Bonchev–Trinajstić information content (AvgIpc) is 3.33. The predicted molar refractivity (Wildman–Crippen MR) is 111 cm³/mol. The summed E-state index contributed by atoms with van der Waals surface area (Å²) < 4.78 is 0. The molecular formula is C23H17ClN2O2. The molecule has 4 nitrogen and oxygen atoms in total. The van der Waals surface area contributed by atoms with E-state index >= 15 is 0 Å². The number of rotatable bonds is 3. The first-order chi connectivity index (χ1) is 13.6. The van der Waals surface area contributed by atoms with Crippen LogP contribution in [0.15, 0.2) is 60.8 Å². The standard InChI is InChI=1S/C23H17ClN2O2/c24-20-3-1-2-17(22(20)15-7-9-21-16(10-15)12-25-26-21)14-5-4-13-6-8-18(23(27)28)19(13)11-14/h1-5,7,9-12,18H,6,8H2,(H,25,26)(H,27,28). The number of nitrogens with zero attached hydrogens (tertiary/aromatic N) is 1. The van der Waals surface area contributed by atoms with Crippen molar-refractivity contribution in [3.8, 4) is 22.3 Å². The molecule has 2 N–H and O–H groups in total. The van der Waals surface area contributed by atoms with Crippen LogP contribution in [-0.2, 0) is 11.2 Å². The van der Waals surface area contributed by atoms with Crippen LogP contribution in [0.1, 0.15) is 23.5 Å². The maximum absolute atomic E-state index is 11.6. The van der Waals surface area contributed by atoms with E-state index in [1.54, 1.807) is 6.20 Å². The fourth-order valence-corrected chi connectivity index (χ4v) is 4.47. The van der Waals surface area contributed by atoms with Crippen molar-refractivity contribution in [2.24, 2.45) is 0 Å². The number of aliphatic carboxylic acids is 1. The van der Waals surface area contributed by atoms with E-state index < -0.39 is 11.9 Å². The summed E-state index contributed by atoms with van der Waals surface area (Å²) in [5, 5.41) is 18.3. The van der Waals surface area contributed by atoms with Gasteiger partial charge in [-0.25, -0.2) is 0 Å². The number of carboxylic acid groups (broad SMARTS) is 1. The van der Waals surface area contributed by atoms with Crippen molar-refractivity contribution < 1.29 is 9.90 Å². The summed E-state index contributed by atoms with van der Waals surface area (Å²) in [6, 6.07) is 18.1. The Labute approximate surface area is 166 Å². The number of hydrogen-bond donors (Lipinski definition) is 2. The van der Waals surface area contributed by atoms with Crippen molar-refractivity contribution in [1.82, 2.24) is 10.2 Å². The van der Waals surface area contributed by atoms with Crippen LogP contribution in [0.4, 0.5) is 0 Å². The molecule has 1 heterocycles. The van der Waals surface area contributed by atoms with E-state index in [2.05, 4.69) is 28.4 Å². The minimum Gasteiger partial charge on any atom is -0.481 e. The summed E-state index contributed by atoms with van der Waals surface area (Å²) in [5.74, 6) is -1.19. The van der Waals surface area contributed by atoms with Crippen LogP contribution in [0.2, 0.25) is 5.02 Å². The second-order valence-electron chi connectivity index (χ2n) is 7.18. The van der Waals surface area contributed by atoms with Gasteiger partial charge in [0.25, 0.3) is 0 Å². The number of nitrogens with one attached hydrogen (secondary N) is 1. The van der Waals surface area contributed by atoms with Crippen LogP contribution in [0.3, 0.4) is 0 Å². The number of aryl methyl sites for hydroxylation is 1. The Morgan fingerprint density at radius 1 is 1.11 bits per heavy atom. The highest BCUT2D eigenvalue weighted by molar-refractivity contribution is 6.34. The minimum absolute atomic E-state index is 0.431. The number of fused-ring (bicyclic) bond motifs is 2. The molecule has 1 atom stereocenters. The molecule has 1 aliphatic carbocycles. The molecule has 1 aliphatic rings. The van der Waals surface area contributed by atoms with Gasteiger partial charge in [0, 0.05) is 16.0 Å². The molecule has 0 bridgehead atoms. The fraction of sp³-hybridized carbons (Fsp3) is 0.130. The number of halogens is 1. The van der Waals surface area contributed by atoms with Crippen LogP contribution in [0.5, 0.6) is 0 Å². The molecular weight excluding hydrogens is 372 g/mol. The first-order valence-corrected chi connectivity index (χ1v) is 9.57. The second kappa shape index (κ2) is 6.50. The quantitative estimate of drug-likeness (QED) is 0.475. The smallest absolute Gasteiger partial charge is 0.310 e. The third-order valence-corrected chi connectivity index (χ3v) is 5.89. The third-order valence-electron chi connectivity index (χ3n) is 5.58. The van der Waals surface area contributed by atoms with Gasteiger partial charge in [-0.15, -0.1) is 0 Å². The highest BCUT2D eigenvalue weighted by atomic mass is 35.5. The van der Waals surface area contributed by atoms with Crippen molar-refractivity contribution in [2.75, 3.05) is 0 Å². The molecule has 3 aromatic carbocycles. The van der Waals surface area contributed by atoms with Crippen molar-refractivity contribution in [3.05, 3.63) is 76.9 Å². The lowest BCUT2D eigenvalue weighted by atomic mass is 9.91. The lowest BCUT2D eigenvalue weighted by molar-refractivity contribution is -0.138. The first kappa shape index (κ1) is 17.0. The fourth-order valence-electron chi connectivity index (χ4n) is 4.18. The molecule has 0 radical (unpaired) electrons. The van der Waals surface area contributed by atoms with Gasteiger partial charge in [-0.2, -0.15) is 5.10 Å². The molecule has 1 aromatic heterocycles. The number of hydrogen-bond acceptors (Lipinski definition) is 2. The molecule has 0 fully saturated rings. The Bertz CT molecular complexity index is 1230. The largest absolute Gasteiger partial charge is 0.481 e. The normalized spacial score (nSPS) is 15.7. The topological polar surface area (TPSA) is 66.0 Å². The van der Waals surface area contributed by atoms with Gasteiger partial charge in [-0.05, 0) is 64.9 Å². The molecule has 5 rings (SSSR count). The van der Waals surface area contributed by atoms with Crippen LogP contribution in [-0.4, -0.2) is 21.3 Å². The monoisotopic (exact) mass is 388 g/mol. The molecule has 1 unspecified atom stereocenters. The minimum atomic E-state index is -0.757. The van der Waals surface area contributed by atoms with E-state index in [1.165, 1.54) is 0 Å². The Kier molecular flexibility index (Phi) is 3.95. The van der Waals surface area contributed by atoms with Gasteiger partial charge >= 0.3 is 5.97 Å². The Balaban J connectivity index is 1.69. The summed E-state index contributed by atoms with van der Waals surface area (Å²) in [6.07, 6.45) is 3.27. The number of carbonyl (C=O) groups is 1. The maximum atomic E-state index is 11.6. The summed E-state index contributed by atoms with van der Waals surface area (Å²) >= 11 is 6.62. The summed E-state index contributed by atoms with van der Waals surface area (Å²) in [6.45, 7) is 0. The summed E-state index contributed by atoms with van der Waals surface area (Å²) in [4.78, 5) is 11.6. The van der Waals surface area contributed by atoms with Gasteiger partial charge in [-0.3, -0.25) is 9.89 Å². The van der Waals surface area contributed by atoms with Crippen LogP contribution < -0.4 is 0 Å². The Morgan fingerprint density at radius 2 is 1.96 bits per heavy atom. The zero-order valence-electron chi connectivity index (χ0n) is 14.9. The number of H-pyrrole nitrogens is 1. The summed E-state index contributed by atoms with van der Waals surface area (Å²) in [7, 11) is 0. The van der Waals surface area contributed by atoms with Crippen molar-refractivity contribution in [3.63, 3.8) is 0 Å². The van der Waals surface area contributed by atoms with E-state index in [0.717, 1.165) is 50.7 Å². The van der Waals surface area contributed by atoms with Gasteiger partial charge in [0.1, 0.15) is 0 Å². The lowest BCUT2D eigenvalue weighted by Gasteiger charge is -2.14. The molecule has 0 amide bonds. The van der Waals surface area contributed by atoms with E-state index in [1.807, 2.05) is 36.4 Å². The third kappa shape index (κ3) is 2.69. The Hall–Kier alpha value is -3.11. The lowest BCUT2D eigenvalue weighted by Crippen LogP contribution is -2.07. The predicted octanol–water partition coefficient (Wildman–Crippen LogP) is 5.66. The van der Waals surface area contributed by atoms with Crippen LogP contribution in [0.25, 0.3) is 33.2 Å².